The molecule has 0 unspecified atom stereocenters. The summed E-state index contributed by atoms with van der Waals surface area (Å²) in [6.07, 6.45) is 3.44. The van der Waals surface area contributed by atoms with Crippen LogP contribution in [0.3, 0.4) is 0 Å². The SMILES string of the molecule is CCn1ccc2c1C(=O)N(CCCN1CCN(c3ccccc3)CC1)CC/C2=N/O. The molecule has 0 aliphatic carbocycles. The summed E-state index contributed by atoms with van der Waals surface area (Å²) in [5.74, 6) is 0.0457. The molecule has 7 heteroatoms. The van der Waals surface area contributed by atoms with Gasteiger partial charge in [0.05, 0.1) is 5.71 Å². The first-order valence-electron chi connectivity index (χ1n) is 10.9. The molecule has 1 fully saturated rings. The first-order valence-corrected chi connectivity index (χ1v) is 10.9. The number of nitrogens with zero attached hydrogens (tertiary/aromatic N) is 5. The Hall–Kier alpha value is -2.80. The first kappa shape index (κ1) is 20.5. The van der Waals surface area contributed by atoms with Crippen LogP contribution in [0.15, 0.2) is 47.8 Å². The summed E-state index contributed by atoms with van der Waals surface area (Å²) < 4.78 is 1.95. The fraction of sp³-hybridized carbons (Fsp3) is 0.478. The molecule has 2 aromatic rings. The lowest BCUT2D eigenvalue weighted by Gasteiger charge is -2.36. The normalized spacial score (nSPS) is 19.2. The number of fused-ring (bicyclic) bond motifs is 1. The molecular formula is C23H31N5O2. The second kappa shape index (κ2) is 9.34. The molecule has 1 N–H and O–H groups in total. The average Bonchev–Trinajstić information content (AvgIpc) is 3.17. The third-order valence-corrected chi connectivity index (χ3v) is 6.24. The minimum Gasteiger partial charge on any atom is -0.411 e. The zero-order valence-electron chi connectivity index (χ0n) is 17.7. The highest BCUT2D eigenvalue weighted by atomic mass is 16.4. The molecule has 2 aliphatic heterocycles. The topological polar surface area (TPSA) is 64.3 Å². The Bertz CT molecular complexity index is 884. The van der Waals surface area contributed by atoms with Crippen LogP contribution in [0.2, 0.25) is 0 Å². The largest absolute Gasteiger partial charge is 0.411 e. The maximum absolute atomic E-state index is 13.2. The highest BCUT2D eigenvalue weighted by Crippen LogP contribution is 2.21. The van der Waals surface area contributed by atoms with Crippen LogP contribution in [0.5, 0.6) is 0 Å². The lowest BCUT2D eigenvalue weighted by Crippen LogP contribution is -2.47. The predicted octanol–water partition coefficient (Wildman–Crippen LogP) is 2.74. The van der Waals surface area contributed by atoms with E-state index in [1.165, 1.54) is 5.69 Å². The van der Waals surface area contributed by atoms with Crippen molar-refractivity contribution in [3.63, 3.8) is 0 Å². The van der Waals surface area contributed by atoms with E-state index in [0.29, 0.717) is 24.4 Å². The molecule has 1 saturated heterocycles. The van der Waals surface area contributed by atoms with Crippen LogP contribution < -0.4 is 4.90 Å². The average molecular weight is 410 g/mol. The zero-order valence-corrected chi connectivity index (χ0v) is 17.7. The summed E-state index contributed by atoms with van der Waals surface area (Å²) in [5.41, 5.74) is 3.32. The Labute approximate surface area is 178 Å². The van der Waals surface area contributed by atoms with Crippen LogP contribution in [0.1, 0.15) is 35.8 Å². The first-order chi connectivity index (χ1) is 14.7. The van der Waals surface area contributed by atoms with Crippen LogP contribution in [0.25, 0.3) is 0 Å². The molecule has 7 nitrogen and oxygen atoms in total. The van der Waals surface area contributed by atoms with Crippen molar-refractivity contribution in [2.45, 2.75) is 26.3 Å². The fourth-order valence-corrected chi connectivity index (χ4v) is 4.50. The van der Waals surface area contributed by atoms with Crippen molar-refractivity contribution in [1.29, 1.82) is 0 Å². The van der Waals surface area contributed by atoms with E-state index in [0.717, 1.165) is 57.8 Å². The molecule has 0 saturated carbocycles. The third kappa shape index (κ3) is 4.21. The maximum atomic E-state index is 13.2. The van der Waals surface area contributed by atoms with Crippen LogP contribution in [-0.2, 0) is 6.54 Å². The van der Waals surface area contributed by atoms with E-state index in [9.17, 15) is 10.0 Å². The predicted molar refractivity (Wildman–Crippen MR) is 119 cm³/mol. The van der Waals surface area contributed by atoms with Gasteiger partial charge in [-0.25, -0.2) is 0 Å². The lowest BCUT2D eigenvalue weighted by atomic mass is 10.1. The summed E-state index contributed by atoms with van der Waals surface area (Å²) in [4.78, 5) is 20.0. The zero-order chi connectivity index (χ0) is 20.9. The summed E-state index contributed by atoms with van der Waals surface area (Å²) in [7, 11) is 0. The van der Waals surface area contributed by atoms with Gasteiger partial charge in [-0.15, -0.1) is 0 Å². The summed E-state index contributed by atoms with van der Waals surface area (Å²) in [5, 5.41) is 12.9. The Kier molecular flexibility index (Phi) is 6.38. The maximum Gasteiger partial charge on any atom is 0.271 e. The Morgan fingerprint density at radius 2 is 1.77 bits per heavy atom. The monoisotopic (exact) mass is 409 g/mol. The number of anilines is 1. The van der Waals surface area contributed by atoms with Crippen molar-refractivity contribution >= 4 is 17.3 Å². The number of rotatable bonds is 6. The summed E-state index contributed by atoms with van der Waals surface area (Å²) in [6.45, 7) is 9.23. The van der Waals surface area contributed by atoms with Crippen LogP contribution in [0, 0.1) is 0 Å². The molecule has 4 rings (SSSR count). The molecule has 1 aromatic heterocycles. The van der Waals surface area contributed by atoms with Gasteiger partial charge in [-0.2, -0.15) is 0 Å². The van der Waals surface area contributed by atoms with Gasteiger partial charge >= 0.3 is 0 Å². The minimum atomic E-state index is 0.0457. The molecule has 0 spiro atoms. The highest BCUT2D eigenvalue weighted by Gasteiger charge is 2.29. The number of aromatic nitrogens is 1. The van der Waals surface area contributed by atoms with Gasteiger partial charge in [0, 0.05) is 69.7 Å². The van der Waals surface area contributed by atoms with Gasteiger partial charge in [0.1, 0.15) is 5.69 Å². The van der Waals surface area contributed by atoms with E-state index in [4.69, 9.17) is 0 Å². The molecule has 0 atom stereocenters. The second-order valence-electron chi connectivity index (χ2n) is 7.97. The van der Waals surface area contributed by atoms with Gasteiger partial charge in [0.2, 0.25) is 0 Å². The van der Waals surface area contributed by atoms with E-state index < -0.39 is 0 Å². The molecule has 1 aromatic carbocycles. The number of carbonyl (C=O) groups is 1. The number of amides is 1. The third-order valence-electron chi connectivity index (χ3n) is 6.24. The van der Waals surface area contributed by atoms with Crippen molar-refractivity contribution in [3.05, 3.63) is 53.9 Å². The smallest absolute Gasteiger partial charge is 0.271 e. The molecule has 3 heterocycles. The van der Waals surface area contributed by atoms with Crippen molar-refractivity contribution in [1.82, 2.24) is 14.4 Å². The van der Waals surface area contributed by atoms with Crippen molar-refractivity contribution in [2.75, 3.05) is 50.7 Å². The minimum absolute atomic E-state index is 0.0457. The number of carbonyl (C=O) groups excluding carboxylic acids is 1. The number of para-hydroxylation sites is 1. The number of benzene rings is 1. The Morgan fingerprint density at radius 3 is 2.47 bits per heavy atom. The number of piperazine rings is 1. The summed E-state index contributed by atoms with van der Waals surface area (Å²) >= 11 is 0. The quantitative estimate of drug-likeness (QED) is 0.589. The number of hydrogen-bond donors (Lipinski definition) is 1. The van der Waals surface area contributed by atoms with E-state index >= 15 is 0 Å². The fourth-order valence-electron chi connectivity index (χ4n) is 4.50. The van der Waals surface area contributed by atoms with Gasteiger partial charge in [-0.1, -0.05) is 23.4 Å². The van der Waals surface area contributed by atoms with Crippen molar-refractivity contribution in [2.24, 2.45) is 5.16 Å². The molecule has 0 bridgehead atoms. The van der Waals surface area contributed by atoms with Gasteiger partial charge in [-0.3, -0.25) is 9.69 Å². The second-order valence-corrected chi connectivity index (χ2v) is 7.97. The van der Waals surface area contributed by atoms with Crippen molar-refractivity contribution in [3.8, 4) is 0 Å². The molecule has 2 aliphatic rings. The number of hydrogen-bond acceptors (Lipinski definition) is 5. The van der Waals surface area contributed by atoms with Gasteiger partial charge < -0.3 is 19.6 Å². The molecular weight excluding hydrogens is 378 g/mol. The van der Waals surface area contributed by atoms with E-state index in [-0.39, 0.29) is 5.91 Å². The lowest BCUT2D eigenvalue weighted by molar-refractivity contribution is 0.0744. The molecule has 30 heavy (non-hydrogen) atoms. The Morgan fingerprint density at radius 1 is 1.00 bits per heavy atom. The standard InChI is InChI=1S/C23H31N5O2/c1-2-26-13-9-20-21(24-30)10-14-28(23(29)22(20)26)12-6-11-25-15-17-27(18-16-25)19-7-4-3-5-8-19/h3-5,7-9,13,30H,2,6,10-12,14-18H2,1H3/b24-21-. The number of aryl methyl sites for hydroxylation is 1. The van der Waals surface area contributed by atoms with E-state index in [2.05, 4.69) is 45.3 Å². The van der Waals surface area contributed by atoms with Crippen molar-refractivity contribution < 1.29 is 10.0 Å². The van der Waals surface area contributed by atoms with Crippen LogP contribution in [0.4, 0.5) is 5.69 Å². The number of oxime groups is 1. The molecule has 160 valence electrons. The molecule has 0 radical (unpaired) electrons. The summed E-state index contributed by atoms with van der Waals surface area (Å²) in [6, 6.07) is 12.5. The van der Waals surface area contributed by atoms with Gasteiger partial charge in [0.25, 0.3) is 5.91 Å². The van der Waals surface area contributed by atoms with Crippen LogP contribution >= 0.6 is 0 Å². The van der Waals surface area contributed by atoms with Gasteiger partial charge in [0.15, 0.2) is 0 Å². The Balaban J connectivity index is 1.31. The van der Waals surface area contributed by atoms with E-state index in [1.54, 1.807) is 0 Å². The molecule has 1 amide bonds. The highest BCUT2D eigenvalue weighted by molar-refractivity contribution is 6.11. The van der Waals surface area contributed by atoms with Gasteiger partial charge in [-0.05, 0) is 38.1 Å². The van der Waals surface area contributed by atoms with Crippen LogP contribution in [-0.4, -0.2) is 77.0 Å². The van der Waals surface area contributed by atoms with E-state index in [1.807, 2.05) is 28.7 Å².